The van der Waals surface area contributed by atoms with E-state index < -0.39 is 23.7 Å². The smallest absolute Gasteiger partial charge is 0.313 e. The Balaban J connectivity index is 2.02. The first-order valence-electron chi connectivity index (χ1n) is 6.02. The highest BCUT2D eigenvalue weighted by atomic mass is 19.1. The number of anilines is 1. The Hall–Kier alpha value is -1.95. The zero-order chi connectivity index (χ0) is 14.0. The maximum atomic E-state index is 13.5. The fraction of sp³-hybridized carbons (Fsp3) is 0.385. The molecule has 0 unspecified atom stereocenters. The number of rotatable bonds is 1. The number of carbonyl (C=O) groups excluding carboxylic acids is 2. The monoisotopic (exact) mass is 266 g/mol. The Bertz CT molecular complexity index is 519. The summed E-state index contributed by atoms with van der Waals surface area (Å²) in [6.07, 6.45) is -0.134. The van der Waals surface area contributed by atoms with E-state index in [9.17, 15) is 19.1 Å². The van der Waals surface area contributed by atoms with E-state index in [2.05, 4.69) is 5.32 Å². The van der Waals surface area contributed by atoms with Crippen LogP contribution < -0.4 is 5.32 Å². The van der Waals surface area contributed by atoms with Crippen LogP contribution >= 0.6 is 0 Å². The summed E-state index contributed by atoms with van der Waals surface area (Å²) >= 11 is 0. The number of carbonyl (C=O) groups is 2. The van der Waals surface area contributed by atoms with E-state index in [0.29, 0.717) is 13.0 Å². The fourth-order valence-electron chi connectivity index (χ4n) is 1.97. The molecule has 1 aromatic carbocycles. The number of halogens is 1. The van der Waals surface area contributed by atoms with Gasteiger partial charge >= 0.3 is 11.8 Å². The van der Waals surface area contributed by atoms with Crippen molar-refractivity contribution in [3.63, 3.8) is 0 Å². The second kappa shape index (κ2) is 5.36. The maximum Gasteiger partial charge on any atom is 0.313 e. The molecule has 0 spiro atoms. The molecule has 0 aromatic heterocycles. The van der Waals surface area contributed by atoms with Crippen LogP contribution in [0.5, 0.6) is 0 Å². The topological polar surface area (TPSA) is 69.6 Å². The van der Waals surface area contributed by atoms with Gasteiger partial charge in [-0.2, -0.15) is 0 Å². The quantitative estimate of drug-likeness (QED) is 0.734. The third kappa shape index (κ3) is 3.08. The molecule has 1 saturated heterocycles. The number of nitrogens with zero attached hydrogens (tertiary/aromatic N) is 1. The van der Waals surface area contributed by atoms with Crippen LogP contribution in [0.25, 0.3) is 0 Å². The molecule has 2 rings (SSSR count). The first-order valence-corrected chi connectivity index (χ1v) is 6.02. The van der Waals surface area contributed by atoms with Gasteiger partial charge in [-0.1, -0.05) is 6.07 Å². The van der Waals surface area contributed by atoms with Crippen molar-refractivity contribution in [3.8, 4) is 0 Å². The molecular formula is C13H15FN2O3. The van der Waals surface area contributed by atoms with E-state index in [1.165, 1.54) is 17.0 Å². The lowest BCUT2D eigenvalue weighted by molar-refractivity contribution is -0.142. The molecule has 1 fully saturated rings. The number of amides is 2. The van der Waals surface area contributed by atoms with Crippen LogP contribution in [0.15, 0.2) is 18.2 Å². The van der Waals surface area contributed by atoms with E-state index in [1.54, 1.807) is 13.0 Å². The number of β-amino-alcohol motifs (C(OH)–C–C–N with tert-alkyl or cyclic N) is 1. The number of benzene rings is 1. The summed E-state index contributed by atoms with van der Waals surface area (Å²) in [6, 6.07) is 4.33. The standard InChI is InChI=1S/C13H15FN2O3/c1-8-2-3-11(10(14)6-8)15-12(18)13(19)16-5-4-9(17)7-16/h2-3,6,9,17H,4-5,7H2,1H3,(H,15,18)/t9-/m0/s1. The number of hydrogen-bond acceptors (Lipinski definition) is 3. The van der Waals surface area contributed by atoms with E-state index in [1.807, 2.05) is 0 Å². The van der Waals surface area contributed by atoms with Gasteiger partial charge in [0, 0.05) is 13.1 Å². The molecule has 0 saturated carbocycles. The minimum atomic E-state index is -0.892. The van der Waals surface area contributed by atoms with Crippen molar-refractivity contribution < 1.29 is 19.1 Å². The van der Waals surface area contributed by atoms with Gasteiger partial charge in [0.15, 0.2) is 0 Å². The molecule has 1 heterocycles. The Labute approximate surface area is 110 Å². The highest BCUT2D eigenvalue weighted by Crippen LogP contribution is 2.16. The molecule has 0 aliphatic carbocycles. The fourth-order valence-corrected chi connectivity index (χ4v) is 1.97. The molecule has 2 amide bonds. The maximum absolute atomic E-state index is 13.5. The molecule has 5 nitrogen and oxygen atoms in total. The van der Waals surface area contributed by atoms with Gasteiger partial charge in [-0.25, -0.2) is 4.39 Å². The van der Waals surface area contributed by atoms with Gasteiger partial charge in [-0.15, -0.1) is 0 Å². The van der Waals surface area contributed by atoms with Gasteiger partial charge in [0.25, 0.3) is 0 Å². The molecule has 2 N–H and O–H groups in total. The van der Waals surface area contributed by atoms with Crippen molar-refractivity contribution in [1.82, 2.24) is 4.90 Å². The van der Waals surface area contributed by atoms with Gasteiger partial charge in [-0.3, -0.25) is 9.59 Å². The minimum Gasteiger partial charge on any atom is -0.391 e. The predicted octanol–water partition coefficient (Wildman–Crippen LogP) is 0.666. The van der Waals surface area contributed by atoms with Gasteiger partial charge < -0.3 is 15.3 Å². The number of likely N-dealkylation sites (tertiary alicyclic amines) is 1. The lowest BCUT2D eigenvalue weighted by Gasteiger charge is -2.15. The third-order valence-corrected chi connectivity index (χ3v) is 3.02. The third-order valence-electron chi connectivity index (χ3n) is 3.02. The Morgan fingerprint density at radius 1 is 1.47 bits per heavy atom. The van der Waals surface area contributed by atoms with Crippen LogP contribution in [0.2, 0.25) is 0 Å². The molecule has 1 aliphatic rings. The first-order chi connectivity index (χ1) is 8.97. The Morgan fingerprint density at radius 3 is 2.79 bits per heavy atom. The van der Waals surface area contributed by atoms with E-state index >= 15 is 0 Å². The summed E-state index contributed by atoms with van der Waals surface area (Å²) in [6.45, 7) is 2.21. The molecule has 1 atom stereocenters. The summed E-state index contributed by atoms with van der Waals surface area (Å²) in [4.78, 5) is 24.7. The molecule has 1 aliphatic heterocycles. The number of aliphatic hydroxyl groups excluding tert-OH is 1. The van der Waals surface area contributed by atoms with E-state index in [4.69, 9.17) is 0 Å². The van der Waals surface area contributed by atoms with E-state index in [-0.39, 0.29) is 12.2 Å². The molecule has 1 aromatic rings. The lowest BCUT2D eigenvalue weighted by Crippen LogP contribution is -2.38. The van der Waals surface area contributed by atoms with Crippen LogP contribution in [-0.4, -0.2) is 41.0 Å². The largest absolute Gasteiger partial charge is 0.391 e. The molecule has 0 radical (unpaired) electrons. The summed E-state index contributed by atoms with van der Waals surface area (Å²) in [5, 5.41) is 11.6. The second-order valence-corrected chi connectivity index (χ2v) is 4.63. The number of nitrogens with one attached hydrogen (secondary N) is 1. The lowest BCUT2D eigenvalue weighted by atomic mass is 10.2. The summed E-state index contributed by atoms with van der Waals surface area (Å²) in [5.41, 5.74) is 0.702. The van der Waals surface area contributed by atoms with Crippen LogP contribution in [0.4, 0.5) is 10.1 Å². The summed E-state index contributed by atoms with van der Waals surface area (Å²) < 4.78 is 13.5. The van der Waals surface area contributed by atoms with Crippen LogP contribution in [-0.2, 0) is 9.59 Å². The molecule has 0 bridgehead atoms. The van der Waals surface area contributed by atoms with E-state index in [0.717, 1.165) is 5.56 Å². The Kier molecular flexibility index (Phi) is 3.80. The highest BCUT2D eigenvalue weighted by Gasteiger charge is 2.29. The average Bonchev–Trinajstić information content (AvgIpc) is 2.78. The molecule has 102 valence electrons. The van der Waals surface area contributed by atoms with Crippen molar-refractivity contribution in [2.45, 2.75) is 19.4 Å². The first kappa shape index (κ1) is 13.5. The van der Waals surface area contributed by atoms with Crippen molar-refractivity contribution in [2.24, 2.45) is 0 Å². The SMILES string of the molecule is Cc1ccc(NC(=O)C(=O)N2CC[C@H](O)C2)c(F)c1. The second-order valence-electron chi connectivity index (χ2n) is 4.63. The minimum absolute atomic E-state index is 0.0244. The zero-order valence-electron chi connectivity index (χ0n) is 10.5. The van der Waals surface area contributed by atoms with Crippen LogP contribution in [0, 0.1) is 12.7 Å². The average molecular weight is 266 g/mol. The molecule has 19 heavy (non-hydrogen) atoms. The van der Waals surface area contributed by atoms with Gasteiger partial charge in [-0.05, 0) is 31.0 Å². The van der Waals surface area contributed by atoms with Crippen molar-refractivity contribution in [3.05, 3.63) is 29.6 Å². The molecule has 6 heteroatoms. The van der Waals surface area contributed by atoms with Crippen LogP contribution in [0.1, 0.15) is 12.0 Å². The van der Waals surface area contributed by atoms with Crippen molar-refractivity contribution in [1.29, 1.82) is 0 Å². The summed E-state index contributed by atoms with van der Waals surface area (Å²) in [7, 11) is 0. The number of aliphatic hydroxyl groups is 1. The highest BCUT2D eigenvalue weighted by molar-refractivity contribution is 6.39. The Morgan fingerprint density at radius 2 is 2.21 bits per heavy atom. The van der Waals surface area contributed by atoms with Crippen molar-refractivity contribution in [2.75, 3.05) is 18.4 Å². The predicted molar refractivity (Wildman–Crippen MR) is 67.0 cm³/mol. The van der Waals surface area contributed by atoms with Gasteiger partial charge in [0.1, 0.15) is 5.82 Å². The number of aryl methyl sites for hydroxylation is 1. The van der Waals surface area contributed by atoms with Crippen LogP contribution in [0.3, 0.4) is 0 Å². The normalized spacial score (nSPS) is 18.5. The number of hydrogen-bond donors (Lipinski definition) is 2. The van der Waals surface area contributed by atoms with Gasteiger partial charge in [0.2, 0.25) is 0 Å². The zero-order valence-corrected chi connectivity index (χ0v) is 10.5. The van der Waals surface area contributed by atoms with Gasteiger partial charge in [0.05, 0.1) is 11.8 Å². The van der Waals surface area contributed by atoms with Crippen molar-refractivity contribution >= 4 is 17.5 Å². The summed E-state index contributed by atoms with van der Waals surface area (Å²) in [5.74, 6) is -2.23. The molecular weight excluding hydrogens is 251 g/mol.